The topological polar surface area (TPSA) is 79.2 Å². The third-order valence-corrected chi connectivity index (χ3v) is 5.38. The number of hydrogen-bond acceptors (Lipinski definition) is 5. The minimum Gasteiger partial charge on any atom is -0.463 e. The van der Waals surface area contributed by atoms with Crippen molar-refractivity contribution >= 4 is 35.4 Å². The van der Waals surface area contributed by atoms with Gasteiger partial charge in [0.2, 0.25) is 0 Å². The van der Waals surface area contributed by atoms with Crippen LogP contribution in [0.1, 0.15) is 28.4 Å². The highest BCUT2D eigenvalue weighted by molar-refractivity contribution is 7.99. The first-order valence-electron chi connectivity index (χ1n) is 9.63. The maximum absolute atomic E-state index is 12.9. The number of esters is 1. The highest BCUT2D eigenvalue weighted by Crippen LogP contribution is 2.32. The van der Waals surface area contributed by atoms with Gasteiger partial charge >= 0.3 is 5.97 Å². The van der Waals surface area contributed by atoms with Gasteiger partial charge in [0.05, 0.1) is 17.7 Å². The smallest absolute Gasteiger partial charge is 0.330 e. The zero-order chi connectivity index (χ0) is 22.1. The molecule has 0 saturated heterocycles. The number of nitriles is 1. The lowest BCUT2D eigenvalue weighted by molar-refractivity contribution is -0.137. The van der Waals surface area contributed by atoms with Gasteiger partial charge in [0.1, 0.15) is 6.07 Å². The van der Waals surface area contributed by atoms with E-state index >= 15 is 0 Å². The average molecular weight is 429 g/mol. The lowest BCUT2D eigenvalue weighted by atomic mass is 10.1. The molecule has 3 rings (SSSR count). The molecule has 0 aliphatic rings. The second-order valence-electron chi connectivity index (χ2n) is 6.37. The van der Waals surface area contributed by atoms with E-state index in [2.05, 4.69) is 11.4 Å². The lowest BCUT2D eigenvalue weighted by Gasteiger charge is -2.11. The van der Waals surface area contributed by atoms with Crippen LogP contribution >= 0.6 is 11.8 Å². The first-order valence-corrected chi connectivity index (χ1v) is 10.4. The van der Waals surface area contributed by atoms with Crippen LogP contribution < -0.4 is 5.32 Å². The van der Waals surface area contributed by atoms with Crippen molar-refractivity contribution < 1.29 is 14.3 Å². The third-order valence-electron chi connectivity index (χ3n) is 4.23. The zero-order valence-corrected chi connectivity index (χ0v) is 17.7. The van der Waals surface area contributed by atoms with Gasteiger partial charge in [0, 0.05) is 21.6 Å². The molecule has 5 nitrogen and oxygen atoms in total. The molecular formula is C25H20N2O3S. The molecule has 0 unspecified atom stereocenters. The summed E-state index contributed by atoms with van der Waals surface area (Å²) in [5.74, 6) is -0.640. The SMILES string of the molecule is CCOC(=O)/C=C/c1ccc(NC(=O)c2ccccc2Sc2ccccc2C#N)cc1. The van der Waals surface area contributed by atoms with Gasteiger partial charge in [-0.15, -0.1) is 0 Å². The van der Waals surface area contributed by atoms with E-state index in [-0.39, 0.29) is 5.91 Å². The van der Waals surface area contributed by atoms with Crippen molar-refractivity contribution in [3.63, 3.8) is 0 Å². The average Bonchev–Trinajstić information content (AvgIpc) is 2.79. The van der Waals surface area contributed by atoms with Gasteiger partial charge in [-0.2, -0.15) is 5.26 Å². The van der Waals surface area contributed by atoms with E-state index in [1.165, 1.54) is 17.8 Å². The summed E-state index contributed by atoms with van der Waals surface area (Å²) < 4.78 is 4.85. The normalized spacial score (nSPS) is 10.5. The van der Waals surface area contributed by atoms with E-state index in [1.54, 1.807) is 55.5 Å². The fourth-order valence-electron chi connectivity index (χ4n) is 2.74. The highest BCUT2D eigenvalue weighted by Gasteiger charge is 2.13. The molecular weight excluding hydrogens is 408 g/mol. The summed E-state index contributed by atoms with van der Waals surface area (Å²) in [7, 11) is 0. The van der Waals surface area contributed by atoms with Crippen LogP contribution in [-0.4, -0.2) is 18.5 Å². The number of nitrogens with one attached hydrogen (secondary N) is 1. The molecule has 0 saturated carbocycles. The van der Waals surface area contributed by atoms with Crippen LogP contribution in [0.15, 0.2) is 88.7 Å². The fraction of sp³-hybridized carbons (Fsp3) is 0.0800. The van der Waals surface area contributed by atoms with E-state index in [0.717, 1.165) is 15.4 Å². The number of benzene rings is 3. The molecule has 3 aromatic rings. The second-order valence-corrected chi connectivity index (χ2v) is 7.45. The number of hydrogen-bond donors (Lipinski definition) is 1. The molecule has 1 N–H and O–H groups in total. The Balaban J connectivity index is 1.73. The Bertz CT molecular complexity index is 1150. The van der Waals surface area contributed by atoms with Crippen molar-refractivity contribution in [2.24, 2.45) is 0 Å². The largest absolute Gasteiger partial charge is 0.463 e. The van der Waals surface area contributed by atoms with Gasteiger partial charge < -0.3 is 10.1 Å². The molecule has 3 aromatic carbocycles. The van der Waals surface area contributed by atoms with Gasteiger partial charge in [-0.25, -0.2) is 4.79 Å². The van der Waals surface area contributed by atoms with Crippen LogP contribution in [0.3, 0.4) is 0 Å². The predicted octanol–water partition coefficient (Wildman–Crippen LogP) is 5.54. The number of amides is 1. The summed E-state index contributed by atoms with van der Waals surface area (Å²) in [4.78, 5) is 25.8. The van der Waals surface area contributed by atoms with Crippen LogP contribution in [0.2, 0.25) is 0 Å². The van der Waals surface area contributed by atoms with Crippen molar-refractivity contribution in [1.82, 2.24) is 0 Å². The van der Waals surface area contributed by atoms with Crippen LogP contribution in [0, 0.1) is 11.3 Å². The molecule has 31 heavy (non-hydrogen) atoms. The lowest BCUT2D eigenvalue weighted by Crippen LogP contribution is -2.12. The summed E-state index contributed by atoms with van der Waals surface area (Å²) >= 11 is 1.38. The van der Waals surface area contributed by atoms with E-state index in [9.17, 15) is 14.9 Å². The van der Waals surface area contributed by atoms with Crippen molar-refractivity contribution in [3.8, 4) is 6.07 Å². The molecule has 6 heteroatoms. The Hall–Kier alpha value is -3.82. The Labute approximate surface area is 185 Å². The Kier molecular flexibility index (Phi) is 7.63. The summed E-state index contributed by atoms with van der Waals surface area (Å²) in [6.45, 7) is 2.08. The Morgan fingerprint density at radius 1 is 1.00 bits per heavy atom. The van der Waals surface area contributed by atoms with Crippen molar-refractivity contribution in [3.05, 3.63) is 95.6 Å². The summed E-state index contributed by atoms with van der Waals surface area (Å²) in [5, 5.41) is 12.2. The molecule has 0 aliphatic heterocycles. The number of rotatable bonds is 7. The molecule has 0 spiro atoms. The summed E-state index contributed by atoms with van der Waals surface area (Å²) in [6, 6.07) is 23.9. The van der Waals surface area contributed by atoms with Gasteiger partial charge in [0.15, 0.2) is 0 Å². The fourth-order valence-corrected chi connectivity index (χ4v) is 3.76. The van der Waals surface area contributed by atoms with E-state index in [4.69, 9.17) is 4.74 Å². The minimum absolute atomic E-state index is 0.243. The van der Waals surface area contributed by atoms with E-state index in [0.29, 0.717) is 23.4 Å². The second kappa shape index (κ2) is 10.8. The molecule has 0 aliphatic carbocycles. The van der Waals surface area contributed by atoms with E-state index in [1.807, 2.05) is 30.3 Å². The van der Waals surface area contributed by atoms with Crippen LogP contribution in [0.4, 0.5) is 5.69 Å². The number of nitrogens with zero attached hydrogens (tertiary/aromatic N) is 1. The van der Waals surface area contributed by atoms with Crippen molar-refractivity contribution in [1.29, 1.82) is 5.26 Å². The van der Waals surface area contributed by atoms with Crippen molar-refractivity contribution in [2.75, 3.05) is 11.9 Å². The maximum Gasteiger partial charge on any atom is 0.330 e. The number of carbonyl (C=O) groups is 2. The van der Waals surface area contributed by atoms with Gasteiger partial charge in [0.25, 0.3) is 5.91 Å². The molecule has 1 amide bonds. The molecule has 0 heterocycles. The standard InChI is InChI=1S/C25H20N2O3S/c1-2-30-24(28)16-13-18-11-14-20(15-12-18)27-25(29)21-8-4-6-10-23(21)31-22-9-5-3-7-19(22)17-26/h3-16H,2H2,1H3,(H,27,29)/b16-13+. The predicted molar refractivity (Wildman–Crippen MR) is 122 cm³/mol. The van der Waals surface area contributed by atoms with Gasteiger partial charge in [-0.05, 0) is 55.0 Å². The van der Waals surface area contributed by atoms with Crippen LogP contribution in [0.5, 0.6) is 0 Å². The molecule has 0 radical (unpaired) electrons. The molecule has 0 bridgehead atoms. The Morgan fingerprint density at radius 2 is 1.68 bits per heavy atom. The zero-order valence-electron chi connectivity index (χ0n) is 16.9. The van der Waals surface area contributed by atoms with Gasteiger partial charge in [-0.3, -0.25) is 4.79 Å². The van der Waals surface area contributed by atoms with Crippen LogP contribution in [0.25, 0.3) is 6.08 Å². The molecule has 154 valence electrons. The maximum atomic E-state index is 12.9. The minimum atomic E-state index is -0.396. The molecule has 0 atom stereocenters. The van der Waals surface area contributed by atoms with Gasteiger partial charge in [-0.1, -0.05) is 48.2 Å². The van der Waals surface area contributed by atoms with Crippen LogP contribution in [-0.2, 0) is 9.53 Å². The number of carbonyl (C=O) groups excluding carboxylic acids is 2. The first-order chi connectivity index (χ1) is 15.1. The molecule has 0 aromatic heterocycles. The number of anilines is 1. The monoisotopic (exact) mass is 428 g/mol. The van der Waals surface area contributed by atoms with E-state index < -0.39 is 5.97 Å². The molecule has 0 fully saturated rings. The quantitative estimate of drug-likeness (QED) is 0.395. The Morgan fingerprint density at radius 3 is 2.39 bits per heavy atom. The first kappa shape index (κ1) is 21.9. The summed E-state index contributed by atoms with van der Waals surface area (Å²) in [6.07, 6.45) is 3.02. The highest BCUT2D eigenvalue weighted by atomic mass is 32.2. The third kappa shape index (κ3) is 6.08. The number of ether oxygens (including phenoxy) is 1. The van der Waals surface area contributed by atoms with Crippen molar-refractivity contribution in [2.45, 2.75) is 16.7 Å². The summed E-state index contributed by atoms with van der Waals surface area (Å²) in [5.41, 5.74) is 2.53.